The van der Waals surface area contributed by atoms with Crippen LogP contribution < -0.4 is 0 Å². The molecule has 0 radical (unpaired) electrons. The van der Waals surface area contributed by atoms with Gasteiger partial charge in [-0.1, -0.05) is 117 Å². The zero-order valence-electron chi connectivity index (χ0n) is 19.7. The average molecular weight is 411 g/mol. The van der Waals surface area contributed by atoms with Crippen molar-refractivity contribution in [2.45, 2.75) is 160 Å². The van der Waals surface area contributed by atoms with Crippen molar-refractivity contribution < 1.29 is 14.6 Å². The Morgan fingerprint density at radius 3 is 1.66 bits per heavy atom. The third kappa shape index (κ3) is 13.4. The normalized spacial score (nSPS) is 20.8. The van der Waals surface area contributed by atoms with Gasteiger partial charge in [-0.25, -0.2) is 0 Å². The van der Waals surface area contributed by atoms with Gasteiger partial charge in [0.2, 0.25) is 0 Å². The molecule has 3 nitrogen and oxygen atoms in total. The molecule has 1 N–H and O–H groups in total. The quantitative estimate of drug-likeness (QED) is 0.144. The Bertz CT molecular complexity index is 395. The van der Waals surface area contributed by atoms with Crippen molar-refractivity contribution in [2.24, 2.45) is 0 Å². The van der Waals surface area contributed by atoms with Gasteiger partial charge in [0.05, 0.1) is 11.7 Å². The van der Waals surface area contributed by atoms with Crippen molar-refractivity contribution >= 4 is 5.97 Å². The Morgan fingerprint density at radius 1 is 0.690 bits per heavy atom. The van der Waals surface area contributed by atoms with Gasteiger partial charge in [-0.15, -0.1) is 0 Å². The molecule has 0 aromatic carbocycles. The van der Waals surface area contributed by atoms with E-state index in [-0.39, 0.29) is 5.60 Å². The summed E-state index contributed by atoms with van der Waals surface area (Å²) >= 11 is 0. The highest BCUT2D eigenvalue weighted by molar-refractivity contribution is 5.66. The lowest BCUT2D eigenvalue weighted by Crippen LogP contribution is -2.15. The second-order valence-electron chi connectivity index (χ2n) is 9.41. The number of carboxylic acids is 1. The number of hydrogen-bond donors (Lipinski definition) is 1. The third-order valence-electron chi connectivity index (χ3n) is 6.67. The Kier molecular flexibility index (Phi) is 15.6. The Morgan fingerprint density at radius 2 is 1.14 bits per heavy atom. The first-order valence-electron chi connectivity index (χ1n) is 13.0. The topological polar surface area (TPSA) is 49.8 Å². The van der Waals surface area contributed by atoms with E-state index in [1.807, 2.05) is 0 Å². The van der Waals surface area contributed by atoms with E-state index in [0.29, 0.717) is 12.5 Å². The summed E-state index contributed by atoms with van der Waals surface area (Å²) in [5.41, 5.74) is 0.204. The van der Waals surface area contributed by atoms with Crippen LogP contribution in [0.15, 0.2) is 0 Å². The Hall–Kier alpha value is -0.570. The molecule has 1 aliphatic rings. The highest BCUT2D eigenvalue weighted by atomic mass is 16.6. The molecule has 0 amide bonds. The minimum atomic E-state index is -0.660. The number of hydrogen-bond acceptors (Lipinski definition) is 2. The molecule has 172 valence electrons. The van der Waals surface area contributed by atoms with Crippen LogP contribution >= 0.6 is 0 Å². The summed E-state index contributed by atoms with van der Waals surface area (Å²) in [6, 6.07) is 0. The number of aliphatic carboxylic acids is 1. The van der Waals surface area contributed by atoms with Crippen LogP contribution in [-0.4, -0.2) is 22.8 Å². The highest BCUT2D eigenvalue weighted by Crippen LogP contribution is 2.48. The fourth-order valence-electron chi connectivity index (χ4n) is 4.68. The lowest BCUT2D eigenvalue weighted by atomic mass is 9.89. The van der Waals surface area contributed by atoms with Crippen LogP contribution in [0.25, 0.3) is 0 Å². The van der Waals surface area contributed by atoms with Gasteiger partial charge in [-0.3, -0.25) is 4.79 Å². The van der Waals surface area contributed by atoms with Crippen molar-refractivity contribution in [3.05, 3.63) is 0 Å². The van der Waals surface area contributed by atoms with Crippen molar-refractivity contribution in [1.29, 1.82) is 0 Å². The predicted octanol–water partition coefficient (Wildman–Crippen LogP) is 8.44. The van der Waals surface area contributed by atoms with Gasteiger partial charge in [0, 0.05) is 6.42 Å². The second-order valence-corrected chi connectivity index (χ2v) is 9.41. The Balaban J connectivity index is 2.21. The van der Waals surface area contributed by atoms with E-state index in [1.165, 1.54) is 116 Å². The lowest BCUT2D eigenvalue weighted by molar-refractivity contribution is -0.137. The summed E-state index contributed by atoms with van der Waals surface area (Å²) in [6.45, 7) is 4.56. The Labute approximate surface area is 181 Å². The van der Waals surface area contributed by atoms with E-state index in [2.05, 4.69) is 13.8 Å². The SMILES string of the molecule is CCCCCCCCC1OC1(CCCCCCCC)CCCCCCCC(=O)O. The monoisotopic (exact) mass is 410 g/mol. The predicted molar refractivity (Wildman–Crippen MR) is 124 cm³/mol. The molecule has 1 aliphatic heterocycles. The molecule has 1 rings (SSSR count). The standard InChI is InChI=1S/C26H50O3/c1-3-5-7-9-12-16-20-24-26(29-24,22-18-14-10-8-6-4-2)23-19-15-11-13-17-21-25(27)28/h24H,3-23H2,1-2H3,(H,27,28). The van der Waals surface area contributed by atoms with E-state index in [1.54, 1.807) is 0 Å². The molecule has 0 aromatic rings. The first-order chi connectivity index (χ1) is 14.1. The van der Waals surface area contributed by atoms with E-state index in [4.69, 9.17) is 9.84 Å². The van der Waals surface area contributed by atoms with Crippen LogP contribution in [0.5, 0.6) is 0 Å². The molecule has 0 bridgehead atoms. The van der Waals surface area contributed by atoms with Crippen LogP contribution in [0.3, 0.4) is 0 Å². The van der Waals surface area contributed by atoms with Gasteiger partial charge in [0.15, 0.2) is 0 Å². The van der Waals surface area contributed by atoms with Crippen molar-refractivity contribution in [3.8, 4) is 0 Å². The minimum absolute atomic E-state index is 0.204. The number of epoxide rings is 1. The molecule has 29 heavy (non-hydrogen) atoms. The van der Waals surface area contributed by atoms with Gasteiger partial charge in [-0.2, -0.15) is 0 Å². The number of rotatable bonds is 22. The summed E-state index contributed by atoms with van der Waals surface area (Å²) in [5.74, 6) is -0.660. The van der Waals surface area contributed by atoms with Gasteiger partial charge in [0.1, 0.15) is 0 Å². The molecule has 3 heteroatoms. The molecular weight excluding hydrogens is 360 g/mol. The van der Waals surface area contributed by atoms with E-state index in [0.717, 1.165) is 12.8 Å². The molecule has 1 saturated heterocycles. The van der Waals surface area contributed by atoms with Crippen LogP contribution in [0, 0.1) is 0 Å². The van der Waals surface area contributed by atoms with Crippen molar-refractivity contribution in [3.63, 3.8) is 0 Å². The highest BCUT2D eigenvalue weighted by Gasteiger charge is 2.53. The number of carboxylic acid groups (broad SMARTS) is 1. The van der Waals surface area contributed by atoms with Crippen LogP contribution in [0.1, 0.15) is 149 Å². The van der Waals surface area contributed by atoms with Crippen molar-refractivity contribution in [1.82, 2.24) is 0 Å². The number of ether oxygens (including phenoxy) is 1. The molecule has 1 fully saturated rings. The summed E-state index contributed by atoms with van der Waals surface area (Å²) < 4.78 is 6.34. The van der Waals surface area contributed by atoms with Gasteiger partial charge < -0.3 is 9.84 Å². The van der Waals surface area contributed by atoms with Gasteiger partial charge in [-0.05, 0) is 25.7 Å². The molecule has 0 spiro atoms. The van der Waals surface area contributed by atoms with E-state index < -0.39 is 5.97 Å². The maximum absolute atomic E-state index is 10.6. The molecule has 0 aromatic heterocycles. The third-order valence-corrected chi connectivity index (χ3v) is 6.67. The summed E-state index contributed by atoms with van der Waals surface area (Å²) in [5, 5.41) is 8.73. The zero-order valence-corrected chi connectivity index (χ0v) is 19.7. The van der Waals surface area contributed by atoms with Gasteiger partial charge >= 0.3 is 5.97 Å². The maximum atomic E-state index is 10.6. The van der Waals surface area contributed by atoms with Crippen LogP contribution in [0.4, 0.5) is 0 Å². The smallest absolute Gasteiger partial charge is 0.303 e. The summed E-state index contributed by atoms with van der Waals surface area (Å²) in [7, 11) is 0. The summed E-state index contributed by atoms with van der Waals surface area (Å²) in [4.78, 5) is 10.6. The molecule has 2 unspecified atom stereocenters. The summed E-state index contributed by atoms with van der Waals surface area (Å²) in [6.07, 6.45) is 26.5. The second kappa shape index (κ2) is 17.1. The fraction of sp³-hybridized carbons (Fsp3) is 0.962. The molecule has 0 saturated carbocycles. The zero-order chi connectivity index (χ0) is 21.2. The molecule has 1 heterocycles. The van der Waals surface area contributed by atoms with E-state index in [9.17, 15) is 4.79 Å². The first-order valence-corrected chi connectivity index (χ1v) is 13.0. The molecular formula is C26H50O3. The number of unbranched alkanes of at least 4 members (excludes halogenated alkanes) is 14. The first kappa shape index (κ1) is 26.5. The van der Waals surface area contributed by atoms with Crippen LogP contribution in [0.2, 0.25) is 0 Å². The van der Waals surface area contributed by atoms with E-state index >= 15 is 0 Å². The number of carbonyl (C=O) groups is 1. The lowest BCUT2D eigenvalue weighted by Gasteiger charge is -2.13. The molecule has 0 aliphatic carbocycles. The van der Waals surface area contributed by atoms with Crippen molar-refractivity contribution in [2.75, 3.05) is 0 Å². The fourth-order valence-corrected chi connectivity index (χ4v) is 4.68. The van der Waals surface area contributed by atoms with Crippen LogP contribution in [-0.2, 0) is 9.53 Å². The van der Waals surface area contributed by atoms with Gasteiger partial charge in [0.25, 0.3) is 0 Å². The largest absolute Gasteiger partial charge is 0.481 e. The maximum Gasteiger partial charge on any atom is 0.303 e. The minimum Gasteiger partial charge on any atom is -0.481 e. The molecule has 2 atom stereocenters. The average Bonchev–Trinajstić information content (AvgIpc) is 3.39.